The Kier molecular flexibility index (Phi) is 9.52. The number of hydrogen-bond acceptors (Lipinski definition) is 6. The first kappa shape index (κ1) is 30.6. The lowest BCUT2D eigenvalue weighted by molar-refractivity contribution is -0.0620. The van der Waals surface area contributed by atoms with E-state index in [0.29, 0.717) is 24.2 Å². The third-order valence-corrected chi connectivity index (χ3v) is 12.0. The molecule has 4 aliphatic carbocycles. The lowest BCUT2D eigenvalue weighted by Gasteiger charge is -2.58. The first-order valence-corrected chi connectivity index (χ1v) is 16.8. The molecular weight excluding hydrogens is 512 g/mol. The van der Waals surface area contributed by atoms with Gasteiger partial charge in [0.2, 0.25) is 0 Å². The molecule has 41 heavy (non-hydrogen) atoms. The number of carbonyl (C=O) groups excluding carboxylic acids is 1. The highest BCUT2D eigenvalue weighted by Crippen LogP contribution is 2.67. The first-order chi connectivity index (χ1) is 19.6. The van der Waals surface area contributed by atoms with Crippen molar-refractivity contribution in [3.63, 3.8) is 0 Å². The normalized spacial score (nSPS) is 35.3. The molecule has 0 aromatic carbocycles. The van der Waals surface area contributed by atoms with Crippen molar-refractivity contribution in [1.82, 2.24) is 15.0 Å². The summed E-state index contributed by atoms with van der Waals surface area (Å²) in [4.78, 5) is 12.5. The highest BCUT2D eigenvalue weighted by atomic mass is 16.7. The second-order valence-electron chi connectivity index (χ2n) is 14.9. The van der Waals surface area contributed by atoms with Crippen LogP contribution >= 0.6 is 0 Å². The summed E-state index contributed by atoms with van der Waals surface area (Å²) in [6.45, 7) is 13.9. The Morgan fingerprint density at radius 2 is 1.93 bits per heavy atom. The topological polar surface area (TPSA) is 92.3 Å². The van der Waals surface area contributed by atoms with E-state index in [4.69, 9.17) is 15.2 Å². The molecule has 5 unspecified atom stereocenters. The lowest BCUT2D eigenvalue weighted by Crippen LogP contribution is -2.51. The number of nitrogens with two attached hydrogens (primary N) is 1. The van der Waals surface area contributed by atoms with Gasteiger partial charge in [-0.2, -0.15) is 0 Å². The van der Waals surface area contributed by atoms with Crippen molar-refractivity contribution in [1.29, 1.82) is 0 Å². The first-order valence-electron chi connectivity index (χ1n) is 16.8. The van der Waals surface area contributed by atoms with Crippen LogP contribution in [0.3, 0.4) is 0 Å². The van der Waals surface area contributed by atoms with E-state index in [-0.39, 0.29) is 18.1 Å². The van der Waals surface area contributed by atoms with E-state index in [2.05, 4.69) is 51.0 Å². The largest absolute Gasteiger partial charge is 0.508 e. The molecule has 0 aliphatic heterocycles. The molecule has 5 rings (SSSR count). The Morgan fingerprint density at radius 3 is 2.71 bits per heavy atom. The predicted molar refractivity (Wildman–Crippen MR) is 162 cm³/mol. The fraction of sp³-hybridized carbons (Fsp3) is 0.853. The van der Waals surface area contributed by atoms with Crippen LogP contribution in [0.2, 0.25) is 0 Å². The molecule has 3 saturated carbocycles. The molecule has 230 valence electrons. The summed E-state index contributed by atoms with van der Waals surface area (Å²) in [5, 5.41) is 8.14. The number of carbonyl (C=O) groups is 1. The molecule has 7 heteroatoms. The van der Waals surface area contributed by atoms with Gasteiger partial charge in [-0.1, -0.05) is 70.7 Å². The summed E-state index contributed by atoms with van der Waals surface area (Å²) in [5.41, 5.74) is 8.48. The Labute approximate surface area is 248 Å². The van der Waals surface area contributed by atoms with Gasteiger partial charge in [-0.3, -0.25) is 4.68 Å². The molecule has 4 aliphatic rings. The van der Waals surface area contributed by atoms with E-state index in [1.54, 1.807) is 10.9 Å². The number of rotatable bonds is 11. The Bertz CT molecular complexity index is 1070. The third-order valence-electron chi connectivity index (χ3n) is 12.0. The molecule has 2 N–H and O–H groups in total. The quantitative estimate of drug-likeness (QED) is 0.217. The number of allylic oxidation sites excluding steroid dienone is 1. The fourth-order valence-corrected chi connectivity index (χ4v) is 9.82. The number of hydrogen-bond donors (Lipinski definition) is 1. The standard InChI is InChI=1S/C34H56N4O3/c1-23(2)8-6-9-24(3)29-12-13-30-28-11-10-25-20-27(14-16-33(25,4)31(28)15-17-34(29,30)5)41-32(39)40-22-26-21-38(37-36-26)19-7-18-35/h10,21,23-24,27-31H,6-9,11-20,22,35H2,1-5H3/t24?,27-,28?,29?,30?,31?,33-,34+/m0/s1. The summed E-state index contributed by atoms with van der Waals surface area (Å²) in [6.07, 6.45) is 18.3. The molecule has 0 amide bonds. The third kappa shape index (κ3) is 6.40. The minimum atomic E-state index is -0.600. The van der Waals surface area contributed by atoms with Crippen LogP contribution in [0.25, 0.3) is 0 Å². The van der Waals surface area contributed by atoms with Crippen LogP contribution in [-0.2, 0) is 22.6 Å². The molecule has 7 nitrogen and oxygen atoms in total. The fourth-order valence-electron chi connectivity index (χ4n) is 9.82. The molecule has 1 aromatic heterocycles. The van der Waals surface area contributed by atoms with Crippen molar-refractivity contribution in [3.05, 3.63) is 23.5 Å². The van der Waals surface area contributed by atoms with Crippen molar-refractivity contribution in [2.45, 2.75) is 131 Å². The van der Waals surface area contributed by atoms with Crippen LogP contribution in [0.4, 0.5) is 4.79 Å². The zero-order valence-electron chi connectivity index (χ0n) is 26.4. The molecule has 0 radical (unpaired) electrons. The molecule has 0 spiro atoms. The van der Waals surface area contributed by atoms with E-state index < -0.39 is 6.16 Å². The second kappa shape index (κ2) is 12.8. The molecule has 3 fully saturated rings. The number of aryl methyl sites for hydroxylation is 1. The molecular formula is C34H56N4O3. The van der Waals surface area contributed by atoms with Crippen LogP contribution in [0.1, 0.15) is 117 Å². The average molecular weight is 569 g/mol. The zero-order chi connectivity index (χ0) is 29.2. The van der Waals surface area contributed by atoms with Gasteiger partial charge in [0.15, 0.2) is 0 Å². The molecule has 1 heterocycles. The van der Waals surface area contributed by atoms with E-state index in [1.165, 1.54) is 56.9 Å². The maximum absolute atomic E-state index is 12.5. The molecule has 8 atom stereocenters. The lowest BCUT2D eigenvalue weighted by atomic mass is 9.47. The average Bonchev–Trinajstić information content (AvgIpc) is 3.54. The summed E-state index contributed by atoms with van der Waals surface area (Å²) in [5.74, 6) is 5.01. The van der Waals surface area contributed by atoms with Gasteiger partial charge in [0, 0.05) is 13.0 Å². The van der Waals surface area contributed by atoms with E-state index in [1.807, 2.05) is 0 Å². The van der Waals surface area contributed by atoms with Crippen molar-refractivity contribution in [2.75, 3.05) is 6.54 Å². The minimum absolute atomic E-state index is 0.0792. The predicted octanol–water partition coefficient (Wildman–Crippen LogP) is 7.69. The monoisotopic (exact) mass is 568 g/mol. The molecule has 0 bridgehead atoms. The van der Waals surface area contributed by atoms with Gasteiger partial charge in [0.1, 0.15) is 18.4 Å². The smallest absolute Gasteiger partial charge is 0.431 e. The summed E-state index contributed by atoms with van der Waals surface area (Å²) >= 11 is 0. The van der Waals surface area contributed by atoms with Crippen molar-refractivity contribution < 1.29 is 14.3 Å². The van der Waals surface area contributed by atoms with Crippen LogP contribution in [-0.4, -0.2) is 33.8 Å². The summed E-state index contributed by atoms with van der Waals surface area (Å²) in [6, 6.07) is 0. The van der Waals surface area contributed by atoms with Crippen LogP contribution in [0.5, 0.6) is 0 Å². The maximum atomic E-state index is 12.5. The number of fused-ring (bicyclic) bond motifs is 5. The Hall–Kier alpha value is -1.89. The maximum Gasteiger partial charge on any atom is 0.508 e. The van der Waals surface area contributed by atoms with Gasteiger partial charge in [-0.15, -0.1) is 5.10 Å². The van der Waals surface area contributed by atoms with Crippen molar-refractivity contribution in [3.8, 4) is 0 Å². The number of aromatic nitrogens is 3. The Balaban J connectivity index is 1.15. The minimum Gasteiger partial charge on any atom is -0.431 e. The van der Waals surface area contributed by atoms with Gasteiger partial charge >= 0.3 is 6.16 Å². The van der Waals surface area contributed by atoms with E-state index >= 15 is 0 Å². The van der Waals surface area contributed by atoms with Gasteiger partial charge < -0.3 is 15.2 Å². The molecule has 0 saturated heterocycles. The van der Waals surface area contributed by atoms with Crippen LogP contribution < -0.4 is 5.73 Å². The van der Waals surface area contributed by atoms with Crippen molar-refractivity contribution in [2.24, 2.45) is 52.1 Å². The van der Waals surface area contributed by atoms with Crippen molar-refractivity contribution >= 4 is 6.16 Å². The van der Waals surface area contributed by atoms with Gasteiger partial charge in [0.25, 0.3) is 0 Å². The van der Waals surface area contributed by atoms with Gasteiger partial charge in [-0.05, 0) is 104 Å². The SMILES string of the molecule is CC(C)CCCC(C)C1CCC2C3CC=C4C[C@@H](OC(=O)OCc5cn(CCCN)nn5)CC[C@]4(C)C3CC[C@]12C. The number of ether oxygens (including phenoxy) is 2. The molecule has 1 aromatic rings. The van der Waals surface area contributed by atoms with Gasteiger partial charge in [-0.25, -0.2) is 4.79 Å². The highest BCUT2D eigenvalue weighted by molar-refractivity contribution is 5.60. The van der Waals surface area contributed by atoms with Crippen LogP contribution in [0, 0.1) is 46.3 Å². The van der Waals surface area contributed by atoms with E-state index in [9.17, 15) is 4.79 Å². The van der Waals surface area contributed by atoms with Gasteiger partial charge in [0.05, 0.1) is 6.20 Å². The summed E-state index contributed by atoms with van der Waals surface area (Å²) in [7, 11) is 0. The van der Waals surface area contributed by atoms with E-state index in [0.717, 1.165) is 61.2 Å². The second-order valence-corrected chi connectivity index (χ2v) is 14.9. The number of nitrogens with zero attached hydrogens (tertiary/aromatic N) is 3. The summed E-state index contributed by atoms with van der Waals surface area (Å²) < 4.78 is 12.9. The highest BCUT2D eigenvalue weighted by Gasteiger charge is 2.59. The van der Waals surface area contributed by atoms with Crippen LogP contribution in [0.15, 0.2) is 17.8 Å². The zero-order valence-corrected chi connectivity index (χ0v) is 26.4. The Morgan fingerprint density at radius 1 is 1.10 bits per heavy atom.